The molecule has 0 radical (unpaired) electrons. The molecule has 0 bridgehead atoms. The van der Waals surface area contributed by atoms with E-state index < -0.39 is 5.82 Å². The van der Waals surface area contributed by atoms with Gasteiger partial charge in [-0.2, -0.15) is 0 Å². The van der Waals surface area contributed by atoms with Crippen LogP contribution in [0.15, 0.2) is 36.4 Å². The Balaban J connectivity index is 2.33. The van der Waals surface area contributed by atoms with Crippen LogP contribution in [0.4, 0.5) is 8.78 Å². The number of hydrogen-bond donors (Lipinski definition) is 1. The highest BCUT2D eigenvalue weighted by atomic mass is 19.1. The van der Waals surface area contributed by atoms with Gasteiger partial charge in [-0.05, 0) is 38.1 Å². The third-order valence-electron chi connectivity index (χ3n) is 3.36. The lowest BCUT2D eigenvalue weighted by molar-refractivity contribution is 0.469. The molecule has 3 aromatic rings. The van der Waals surface area contributed by atoms with Gasteiger partial charge in [0.15, 0.2) is 0 Å². The largest absolute Gasteiger partial charge is 0.508 e. The number of fused-ring (bicyclic) bond motifs is 1. The first kappa shape index (κ1) is 13.5. The van der Waals surface area contributed by atoms with Crippen molar-refractivity contribution in [1.82, 2.24) is 9.55 Å². The van der Waals surface area contributed by atoms with Crippen molar-refractivity contribution in [2.45, 2.75) is 19.9 Å². The molecule has 1 heterocycles. The molecule has 3 rings (SSSR count). The first-order valence-electron chi connectivity index (χ1n) is 6.63. The highest BCUT2D eigenvalue weighted by Gasteiger charge is 2.18. The summed E-state index contributed by atoms with van der Waals surface area (Å²) in [5.74, 6) is -0.668. The van der Waals surface area contributed by atoms with Gasteiger partial charge >= 0.3 is 0 Å². The number of aromatic nitrogens is 2. The third-order valence-corrected chi connectivity index (χ3v) is 3.36. The summed E-state index contributed by atoms with van der Waals surface area (Å²) >= 11 is 0. The van der Waals surface area contributed by atoms with Gasteiger partial charge in [0.2, 0.25) is 0 Å². The quantitative estimate of drug-likeness (QED) is 0.764. The minimum Gasteiger partial charge on any atom is -0.508 e. The fourth-order valence-corrected chi connectivity index (χ4v) is 2.47. The van der Waals surface area contributed by atoms with Gasteiger partial charge in [0, 0.05) is 18.2 Å². The minimum atomic E-state index is -0.562. The second kappa shape index (κ2) is 4.84. The molecule has 0 amide bonds. The Bertz CT molecular complexity index is 825. The van der Waals surface area contributed by atoms with E-state index in [4.69, 9.17) is 0 Å². The van der Waals surface area contributed by atoms with E-state index in [9.17, 15) is 13.9 Å². The summed E-state index contributed by atoms with van der Waals surface area (Å²) < 4.78 is 29.3. The molecule has 21 heavy (non-hydrogen) atoms. The fourth-order valence-electron chi connectivity index (χ4n) is 2.47. The molecular weight excluding hydrogens is 274 g/mol. The fraction of sp³-hybridized carbons (Fsp3) is 0.188. The van der Waals surface area contributed by atoms with E-state index in [1.807, 2.05) is 18.4 Å². The zero-order chi connectivity index (χ0) is 15.1. The number of benzene rings is 2. The molecule has 1 aromatic heterocycles. The van der Waals surface area contributed by atoms with Gasteiger partial charge in [-0.25, -0.2) is 13.8 Å². The number of aromatic hydroxyl groups is 1. The van der Waals surface area contributed by atoms with Crippen LogP contribution in [0, 0.1) is 11.6 Å². The zero-order valence-corrected chi connectivity index (χ0v) is 11.6. The van der Waals surface area contributed by atoms with Crippen molar-refractivity contribution in [3.63, 3.8) is 0 Å². The summed E-state index contributed by atoms with van der Waals surface area (Å²) in [6.07, 6.45) is 0. The molecule has 0 saturated carbocycles. The summed E-state index contributed by atoms with van der Waals surface area (Å²) in [7, 11) is 0. The second-order valence-corrected chi connectivity index (χ2v) is 5.20. The van der Waals surface area contributed by atoms with E-state index in [0.717, 1.165) is 11.6 Å². The van der Waals surface area contributed by atoms with Crippen molar-refractivity contribution in [2.75, 3.05) is 0 Å². The number of phenols is 1. The standard InChI is InChI=1S/C16H14F2N2O/c1-9(2)20-15-6-3-10(17)7-14(15)19-16(20)12-5-4-11(21)8-13(12)18/h3-9,21H,1-2H3. The molecule has 0 fully saturated rings. The molecule has 1 N–H and O–H groups in total. The van der Waals surface area contributed by atoms with Crippen molar-refractivity contribution >= 4 is 11.0 Å². The molecule has 0 unspecified atom stereocenters. The number of hydrogen-bond acceptors (Lipinski definition) is 2. The van der Waals surface area contributed by atoms with Crippen LogP contribution in [-0.4, -0.2) is 14.7 Å². The number of phenolic OH excluding ortho intramolecular Hbond substituents is 1. The van der Waals surface area contributed by atoms with Gasteiger partial charge in [-0.1, -0.05) is 0 Å². The molecule has 0 atom stereocenters. The van der Waals surface area contributed by atoms with Crippen LogP contribution in [0.25, 0.3) is 22.4 Å². The van der Waals surface area contributed by atoms with Gasteiger partial charge < -0.3 is 9.67 Å². The van der Waals surface area contributed by atoms with Crippen molar-refractivity contribution in [2.24, 2.45) is 0 Å². The first-order chi connectivity index (χ1) is 9.97. The Hall–Kier alpha value is -2.43. The lowest BCUT2D eigenvalue weighted by Crippen LogP contribution is -2.04. The van der Waals surface area contributed by atoms with E-state index in [1.54, 1.807) is 6.07 Å². The van der Waals surface area contributed by atoms with Crippen molar-refractivity contribution in [1.29, 1.82) is 0 Å². The maximum absolute atomic E-state index is 14.1. The molecule has 3 nitrogen and oxygen atoms in total. The Morgan fingerprint density at radius 3 is 2.52 bits per heavy atom. The van der Waals surface area contributed by atoms with Gasteiger partial charge in [0.25, 0.3) is 0 Å². The van der Waals surface area contributed by atoms with E-state index in [1.165, 1.54) is 24.3 Å². The predicted octanol–water partition coefficient (Wildman–Crippen LogP) is 4.27. The average molecular weight is 288 g/mol. The van der Waals surface area contributed by atoms with Gasteiger partial charge in [-0.15, -0.1) is 0 Å². The van der Waals surface area contributed by atoms with Crippen LogP contribution in [0.5, 0.6) is 5.75 Å². The highest BCUT2D eigenvalue weighted by Crippen LogP contribution is 2.31. The minimum absolute atomic E-state index is 0.0312. The lowest BCUT2D eigenvalue weighted by Gasteiger charge is -2.13. The summed E-state index contributed by atoms with van der Waals surface area (Å²) in [6.45, 7) is 3.90. The summed E-state index contributed by atoms with van der Waals surface area (Å²) in [5, 5.41) is 9.32. The first-order valence-corrected chi connectivity index (χ1v) is 6.63. The summed E-state index contributed by atoms with van der Waals surface area (Å²) in [4.78, 5) is 4.36. The number of imidazole rings is 1. The van der Waals surface area contributed by atoms with E-state index in [-0.39, 0.29) is 23.2 Å². The molecule has 2 aromatic carbocycles. The Kier molecular flexibility index (Phi) is 3.12. The maximum atomic E-state index is 14.1. The van der Waals surface area contributed by atoms with Crippen LogP contribution in [0.2, 0.25) is 0 Å². The molecule has 0 aliphatic carbocycles. The topological polar surface area (TPSA) is 38.0 Å². The van der Waals surface area contributed by atoms with Gasteiger partial charge in [0.1, 0.15) is 23.2 Å². The van der Waals surface area contributed by atoms with Gasteiger partial charge in [0.05, 0.1) is 16.6 Å². The van der Waals surface area contributed by atoms with Crippen molar-refractivity contribution in [3.05, 3.63) is 48.0 Å². The van der Waals surface area contributed by atoms with Crippen molar-refractivity contribution < 1.29 is 13.9 Å². The third kappa shape index (κ3) is 2.24. The Labute approximate surface area is 120 Å². The molecule has 0 aliphatic heterocycles. The van der Waals surface area contributed by atoms with Gasteiger partial charge in [-0.3, -0.25) is 0 Å². The lowest BCUT2D eigenvalue weighted by atomic mass is 10.2. The normalized spacial score (nSPS) is 11.5. The van der Waals surface area contributed by atoms with Crippen LogP contribution in [-0.2, 0) is 0 Å². The Morgan fingerprint density at radius 1 is 1.10 bits per heavy atom. The summed E-state index contributed by atoms with van der Waals surface area (Å²) in [6, 6.07) is 8.28. The highest BCUT2D eigenvalue weighted by molar-refractivity contribution is 5.81. The van der Waals surface area contributed by atoms with Crippen LogP contribution in [0.3, 0.4) is 0 Å². The molecule has 0 spiro atoms. The summed E-state index contributed by atoms with van der Waals surface area (Å²) in [5.41, 5.74) is 1.50. The zero-order valence-electron chi connectivity index (χ0n) is 11.6. The van der Waals surface area contributed by atoms with Crippen LogP contribution >= 0.6 is 0 Å². The predicted molar refractivity (Wildman–Crippen MR) is 77.1 cm³/mol. The van der Waals surface area contributed by atoms with E-state index in [0.29, 0.717) is 11.3 Å². The molecule has 0 saturated heterocycles. The number of rotatable bonds is 2. The number of halogens is 2. The van der Waals surface area contributed by atoms with E-state index >= 15 is 0 Å². The number of nitrogens with zero attached hydrogens (tertiary/aromatic N) is 2. The molecular formula is C16H14F2N2O. The SMILES string of the molecule is CC(C)n1c(-c2ccc(O)cc2F)nc2cc(F)ccc21. The van der Waals surface area contributed by atoms with Crippen LogP contribution in [0.1, 0.15) is 19.9 Å². The van der Waals surface area contributed by atoms with E-state index in [2.05, 4.69) is 4.98 Å². The smallest absolute Gasteiger partial charge is 0.144 e. The monoisotopic (exact) mass is 288 g/mol. The Morgan fingerprint density at radius 2 is 1.86 bits per heavy atom. The average Bonchev–Trinajstić information content (AvgIpc) is 2.76. The van der Waals surface area contributed by atoms with Crippen LogP contribution < -0.4 is 0 Å². The van der Waals surface area contributed by atoms with Crippen molar-refractivity contribution in [3.8, 4) is 17.1 Å². The molecule has 0 aliphatic rings. The molecule has 108 valence electrons. The second-order valence-electron chi connectivity index (χ2n) is 5.20. The molecule has 5 heteroatoms. The maximum Gasteiger partial charge on any atom is 0.144 e.